The Bertz CT molecular complexity index is 808. The van der Waals surface area contributed by atoms with Gasteiger partial charge in [0.1, 0.15) is 5.54 Å². The highest BCUT2D eigenvalue weighted by Crippen LogP contribution is 2.29. The number of halogens is 6. The van der Waals surface area contributed by atoms with Crippen molar-refractivity contribution in [1.82, 2.24) is 15.5 Å². The summed E-state index contributed by atoms with van der Waals surface area (Å²) in [6, 6.07) is 2.89. The van der Waals surface area contributed by atoms with E-state index in [1.807, 2.05) is 5.32 Å². The van der Waals surface area contributed by atoms with Crippen LogP contribution in [0.1, 0.15) is 37.0 Å². The summed E-state index contributed by atoms with van der Waals surface area (Å²) in [5, 5.41) is 4.63. The number of nitrogens with one attached hydrogen (secondary N) is 2. The van der Waals surface area contributed by atoms with E-state index in [2.05, 4.69) is 10.1 Å². The number of alkyl halides is 5. The summed E-state index contributed by atoms with van der Waals surface area (Å²) in [4.78, 5) is 25.9. The summed E-state index contributed by atoms with van der Waals surface area (Å²) in [6.45, 7) is -0.419. The maximum absolute atomic E-state index is 13.5. The van der Waals surface area contributed by atoms with E-state index in [1.54, 1.807) is 4.90 Å². The highest BCUT2D eigenvalue weighted by atomic mass is 19.4. The van der Waals surface area contributed by atoms with Crippen molar-refractivity contribution in [3.8, 4) is 5.75 Å². The Morgan fingerprint density at radius 3 is 2.38 bits per heavy atom. The Morgan fingerprint density at radius 2 is 1.81 bits per heavy atom. The summed E-state index contributed by atoms with van der Waals surface area (Å²) in [7, 11) is 0. The first-order valence-corrected chi connectivity index (χ1v) is 9.91. The van der Waals surface area contributed by atoms with Crippen molar-refractivity contribution in [2.45, 2.75) is 45.0 Å². The van der Waals surface area contributed by atoms with Gasteiger partial charge >= 0.3 is 12.8 Å². The fraction of sp³-hybridized carbons (Fsp3) is 0.600. The number of nitrogens with zero attached hydrogens (tertiary/aromatic N) is 1. The largest absolute Gasteiger partial charge is 0.432 e. The van der Waals surface area contributed by atoms with Crippen LogP contribution in [-0.4, -0.2) is 61.2 Å². The van der Waals surface area contributed by atoms with E-state index in [1.165, 1.54) is 0 Å². The monoisotopic (exact) mass is 469 g/mol. The zero-order chi connectivity index (χ0) is 24.1. The number of carbonyl (C=O) groups excluding carboxylic acids is 2. The van der Waals surface area contributed by atoms with Gasteiger partial charge in [0.05, 0.1) is 6.54 Å². The molecule has 1 aromatic carbocycles. The number of ether oxygens (including phenoxy) is 1. The number of carbonyl (C=O) groups is 2. The van der Waals surface area contributed by atoms with Gasteiger partial charge in [-0.1, -0.05) is 0 Å². The van der Waals surface area contributed by atoms with Gasteiger partial charge in [-0.05, 0) is 63.9 Å². The molecule has 32 heavy (non-hydrogen) atoms. The number of piperidine rings is 1. The van der Waals surface area contributed by atoms with Crippen LogP contribution in [0.15, 0.2) is 18.2 Å². The number of rotatable bonds is 8. The Morgan fingerprint density at radius 1 is 1.19 bits per heavy atom. The normalized spacial score (nSPS) is 16.2. The molecule has 0 saturated carbocycles. The number of likely N-dealkylation sites (tertiary alicyclic amines) is 1. The second kappa shape index (κ2) is 10.4. The first-order chi connectivity index (χ1) is 14.8. The van der Waals surface area contributed by atoms with Crippen LogP contribution < -0.4 is 15.4 Å². The van der Waals surface area contributed by atoms with Gasteiger partial charge in [-0.15, -0.1) is 0 Å². The molecular formula is C20H25F6N3O3. The highest BCUT2D eigenvalue weighted by molar-refractivity contribution is 5.94. The van der Waals surface area contributed by atoms with Crippen molar-refractivity contribution in [1.29, 1.82) is 0 Å². The SMILES string of the molecule is CC(C)(NC(=O)CN1CCC(CNC(=O)c2ccc(F)c(OC(F)F)c2)CC1)C(F)(F)F. The molecule has 1 heterocycles. The van der Waals surface area contributed by atoms with Gasteiger partial charge in [-0.25, -0.2) is 4.39 Å². The minimum absolute atomic E-state index is 0.0385. The topological polar surface area (TPSA) is 70.7 Å². The number of amides is 2. The molecule has 1 aliphatic heterocycles. The summed E-state index contributed by atoms with van der Waals surface area (Å²) >= 11 is 0. The smallest absolute Gasteiger partial charge is 0.410 e. The molecule has 0 aliphatic carbocycles. The third kappa shape index (κ3) is 7.28. The van der Waals surface area contributed by atoms with Crippen molar-refractivity contribution in [2.75, 3.05) is 26.2 Å². The van der Waals surface area contributed by atoms with E-state index in [4.69, 9.17) is 0 Å². The molecule has 1 aromatic rings. The van der Waals surface area contributed by atoms with Gasteiger partial charge in [0, 0.05) is 12.1 Å². The van der Waals surface area contributed by atoms with Gasteiger partial charge in [0.2, 0.25) is 5.91 Å². The van der Waals surface area contributed by atoms with Crippen LogP contribution in [0.25, 0.3) is 0 Å². The number of hydrogen-bond donors (Lipinski definition) is 2. The summed E-state index contributed by atoms with van der Waals surface area (Å²) in [5.74, 6) is -3.00. The zero-order valence-corrected chi connectivity index (χ0v) is 17.6. The molecule has 1 fully saturated rings. The van der Waals surface area contributed by atoms with Crippen LogP contribution in [0, 0.1) is 11.7 Å². The lowest BCUT2D eigenvalue weighted by atomic mass is 9.96. The third-order valence-electron chi connectivity index (χ3n) is 5.20. The quantitative estimate of drug-likeness (QED) is 0.574. The van der Waals surface area contributed by atoms with E-state index in [-0.39, 0.29) is 24.6 Å². The van der Waals surface area contributed by atoms with Gasteiger partial charge in [-0.3, -0.25) is 14.5 Å². The Labute approximate surface area is 181 Å². The van der Waals surface area contributed by atoms with Gasteiger partial charge in [0.15, 0.2) is 11.6 Å². The van der Waals surface area contributed by atoms with Crippen molar-refractivity contribution in [3.63, 3.8) is 0 Å². The first-order valence-electron chi connectivity index (χ1n) is 9.91. The van der Waals surface area contributed by atoms with Crippen LogP contribution in [-0.2, 0) is 4.79 Å². The molecular weight excluding hydrogens is 444 g/mol. The van der Waals surface area contributed by atoms with E-state index in [0.29, 0.717) is 25.9 Å². The van der Waals surface area contributed by atoms with Crippen molar-refractivity contribution in [2.24, 2.45) is 5.92 Å². The molecule has 0 atom stereocenters. The van der Waals surface area contributed by atoms with Gasteiger partial charge < -0.3 is 15.4 Å². The Kier molecular flexibility index (Phi) is 8.38. The molecule has 0 spiro atoms. The fourth-order valence-corrected chi connectivity index (χ4v) is 3.18. The molecule has 0 radical (unpaired) electrons. The van der Waals surface area contributed by atoms with Crippen LogP contribution in [0.4, 0.5) is 26.3 Å². The molecule has 180 valence electrons. The van der Waals surface area contributed by atoms with Crippen molar-refractivity contribution < 1.29 is 40.7 Å². The number of benzene rings is 1. The lowest BCUT2D eigenvalue weighted by molar-refractivity contribution is -0.188. The van der Waals surface area contributed by atoms with E-state index in [0.717, 1.165) is 32.0 Å². The maximum Gasteiger partial charge on any atom is 0.410 e. The molecule has 0 unspecified atom stereocenters. The molecule has 1 aliphatic rings. The lowest BCUT2D eigenvalue weighted by Gasteiger charge is -2.33. The van der Waals surface area contributed by atoms with Crippen LogP contribution >= 0.6 is 0 Å². The van der Waals surface area contributed by atoms with E-state index >= 15 is 0 Å². The molecule has 12 heteroatoms. The third-order valence-corrected chi connectivity index (χ3v) is 5.20. The summed E-state index contributed by atoms with van der Waals surface area (Å²) in [5.41, 5.74) is -2.36. The average Bonchev–Trinajstić information content (AvgIpc) is 2.67. The van der Waals surface area contributed by atoms with Crippen molar-refractivity contribution in [3.05, 3.63) is 29.6 Å². The minimum atomic E-state index is -4.56. The van der Waals surface area contributed by atoms with Crippen LogP contribution in [0.2, 0.25) is 0 Å². The van der Waals surface area contributed by atoms with Crippen LogP contribution in [0.3, 0.4) is 0 Å². The standard InChI is InChI=1S/C20H25F6N3O3/c1-19(2,20(24,25)26)28-16(30)11-29-7-5-12(6-8-29)10-27-17(31)13-3-4-14(21)15(9-13)32-18(22)23/h3-4,9,12,18H,5-8,10-11H2,1-2H3,(H,27,31)(H,28,30). The Balaban J connectivity index is 1.78. The highest BCUT2D eigenvalue weighted by Gasteiger charge is 2.48. The maximum atomic E-state index is 13.5. The number of hydrogen-bond acceptors (Lipinski definition) is 4. The molecule has 2 rings (SSSR count). The van der Waals surface area contributed by atoms with Gasteiger partial charge in [0.25, 0.3) is 5.91 Å². The lowest BCUT2D eigenvalue weighted by Crippen LogP contribution is -2.56. The van der Waals surface area contributed by atoms with Gasteiger partial charge in [-0.2, -0.15) is 22.0 Å². The second-order valence-corrected chi connectivity index (χ2v) is 8.12. The minimum Gasteiger partial charge on any atom is -0.432 e. The molecule has 2 N–H and O–H groups in total. The van der Waals surface area contributed by atoms with Crippen LogP contribution in [0.5, 0.6) is 5.75 Å². The molecule has 6 nitrogen and oxygen atoms in total. The van der Waals surface area contributed by atoms with E-state index < -0.39 is 41.7 Å². The summed E-state index contributed by atoms with van der Waals surface area (Å²) < 4.78 is 80.7. The first kappa shape index (κ1) is 25.8. The molecule has 0 bridgehead atoms. The molecule has 0 aromatic heterocycles. The van der Waals surface area contributed by atoms with E-state index in [9.17, 15) is 35.9 Å². The molecule has 2 amide bonds. The molecule has 1 saturated heterocycles. The average molecular weight is 469 g/mol. The summed E-state index contributed by atoms with van der Waals surface area (Å²) in [6.07, 6.45) is -3.37. The van der Waals surface area contributed by atoms with Crippen molar-refractivity contribution >= 4 is 11.8 Å². The Hall–Kier alpha value is -2.50. The zero-order valence-electron chi connectivity index (χ0n) is 17.6. The second-order valence-electron chi connectivity index (χ2n) is 8.12. The predicted octanol–water partition coefficient (Wildman–Crippen LogP) is 3.33. The predicted molar refractivity (Wildman–Crippen MR) is 103 cm³/mol. The fourth-order valence-electron chi connectivity index (χ4n) is 3.18.